The van der Waals surface area contributed by atoms with Gasteiger partial charge in [0.2, 0.25) is 0 Å². The second kappa shape index (κ2) is 4.46. The average molecular weight is 241 g/mol. The minimum absolute atomic E-state index is 0.453. The molecule has 90 valence electrons. The Morgan fingerprint density at radius 2 is 1.94 bits per heavy atom. The van der Waals surface area contributed by atoms with Crippen molar-refractivity contribution < 1.29 is 9.52 Å². The highest BCUT2D eigenvalue weighted by atomic mass is 16.4. The highest BCUT2D eigenvalue weighted by Gasteiger charge is 2.17. The fourth-order valence-corrected chi connectivity index (χ4v) is 1.68. The van der Waals surface area contributed by atoms with E-state index >= 15 is 0 Å². The number of aromatic nitrogens is 3. The van der Waals surface area contributed by atoms with E-state index in [9.17, 15) is 5.11 Å². The number of rotatable bonds is 3. The molecule has 3 rings (SSSR count). The van der Waals surface area contributed by atoms with E-state index in [-0.39, 0.29) is 0 Å². The van der Waals surface area contributed by atoms with Crippen LogP contribution in [0.2, 0.25) is 0 Å². The molecular weight excluding hydrogens is 230 g/mol. The van der Waals surface area contributed by atoms with Gasteiger partial charge in [0.25, 0.3) is 0 Å². The van der Waals surface area contributed by atoms with Gasteiger partial charge in [0.1, 0.15) is 11.5 Å². The molecule has 1 atom stereocenters. The van der Waals surface area contributed by atoms with Crippen molar-refractivity contribution in [2.24, 2.45) is 0 Å². The minimum Gasteiger partial charge on any atom is -0.466 e. The van der Waals surface area contributed by atoms with Crippen LogP contribution >= 0.6 is 0 Å². The number of hydrogen-bond donors (Lipinski definition) is 1. The molecule has 0 saturated heterocycles. The van der Waals surface area contributed by atoms with Gasteiger partial charge in [-0.2, -0.15) is 15.0 Å². The Bertz CT molecular complexity index is 617. The van der Waals surface area contributed by atoms with Crippen molar-refractivity contribution in [2.45, 2.75) is 6.10 Å². The third-order valence-electron chi connectivity index (χ3n) is 2.59. The second-order valence-corrected chi connectivity index (χ2v) is 3.81. The van der Waals surface area contributed by atoms with Gasteiger partial charge in [-0.15, -0.1) is 0 Å². The van der Waals surface area contributed by atoms with E-state index in [1.807, 2.05) is 30.3 Å². The minimum atomic E-state index is -0.891. The van der Waals surface area contributed by atoms with E-state index in [4.69, 9.17) is 4.42 Å². The van der Waals surface area contributed by atoms with Gasteiger partial charge < -0.3 is 9.52 Å². The summed E-state index contributed by atoms with van der Waals surface area (Å²) in [6.07, 6.45) is 2.15. The normalized spacial score (nSPS) is 12.5. The third kappa shape index (κ3) is 1.91. The molecule has 0 amide bonds. The van der Waals surface area contributed by atoms with Crippen LogP contribution in [0.1, 0.15) is 17.6 Å². The zero-order valence-corrected chi connectivity index (χ0v) is 9.47. The quantitative estimate of drug-likeness (QED) is 0.761. The fraction of sp³-hybridized carbons (Fsp3) is 0.0769. The average Bonchev–Trinajstić information content (AvgIpc) is 3.10. The number of hydrogen-bond acceptors (Lipinski definition) is 4. The van der Waals surface area contributed by atoms with Crippen LogP contribution in [-0.2, 0) is 0 Å². The Morgan fingerprint density at radius 3 is 2.67 bits per heavy atom. The maximum atomic E-state index is 10.0. The summed E-state index contributed by atoms with van der Waals surface area (Å²) >= 11 is 0. The zero-order chi connectivity index (χ0) is 12.4. The summed E-state index contributed by atoms with van der Waals surface area (Å²) in [7, 11) is 0. The Labute approximate surface area is 103 Å². The molecule has 5 heteroatoms. The van der Waals surface area contributed by atoms with Crippen molar-refractivity contribution >= 4 is 0 Å². The largest absolute Gasteiger partial charge is 0.466 e. The van der Waals surface area contributed by atoms with Crippen molar-refractivity contribution in [3.63, 3.8) is 0 Å². The van der Waals surface area contributed by atoms with Gasteiger partial charge in [-0.3, -0.25) is 0 Å². The maximum Gasteiger partial charge on any atom is 0.157 e. The molecule has 0 radical (unpaired) electrons. The van der Waals surface area contributed by atoms with Gasteiger partial charge in [0, 0.05) is 0 Å². The lowest BCUT2D eigenvalue weighted by atomic mass is 10.2. The van der Waals surface area contributed by atoms with Crippen molar-refractivity contribution in [1.29, 1.82) is 0 Å². The van der Waals surface area contributed by atoms with Crippen LogP contribution in [0.25, 0.3) is 5.69 Å². The van der Waals surface area contributed by atoms with Crippen LogP contribution in [0, 0.1) is 0 Å². The third-order valence-corrected chi connectivity index (χ3v) is 2.59. The summed E-state index contributed by atoms with van der Waals surface area (Å²) < 4.78 is 5.14. The van der Waals surface area contributed by atoms with Crippen molar-refractivity contribution in [3.8, 4) is 5.69 Å². The topological polar surface area (TPSA) is 64.1 Å². The number of aliphatic hydroxyl groups excluding tert-OH is 1. The van der Waals surface area contributed by atoms with E-state index in [0.29, 0.717) is 11.5 Å². The van der Waals surface area contributed by atoms with Gasteiger partial charge in [0.15, 0.2) is 6.10 Å². The Hall–Kier alpha value is -2.40. The maximum absolute atomic E-state index is 10.0. The molecule has 2 heterocycles. The molecule has 0 spiro atoms. The van der Waals surface area contributed by atoms with Crippen LogP contribution in [-0.4, -0.2) is 20.1 Å². The Balaban J connectivity index is 1.90. The molecule has 5 nitrogen and oxygen atoms in total. The highest BCUT2D eigenvalue weighted by Crippen LogP contribution is 2.20. The van der Waals surface area contributed by atoms with Gasteiger partial charge in [-0.1, -0.05) is 18.2 Å². The lowest BCUT2D eigenvalue weighted by Crippen LogP contribution is -2.02. The van der Waals surface area contributed by atoms with Crippen molar-refractivity contribution in [1.82, 2.24) is 15.0 Å². The molecule has 0 bridgehead atoms. The smallest absolute Gasteiger partial charge is 0.157 e. The number of furan rings is 1. The van der Waals surface area contributed by atoms with E-state index in [1.165, 1.54) is 17.3 Å². The molecule has 2 aromatic heterocycles. The monoisotopic (exact) mass is 241 g/mol. The number of para-hydroxylation sites is 1. The summed E-state index contributed by atoms with van der Waals surface area (Å²) in [5, 5.41) is 18.4. The standard InChI is InChI=1S/C13H11N3O2/c17-13(12-7-4-8-18-12)11-9-14-16(15-11)10-5-2-1-3-6-10/h1-9,13,17H. The lowest BCUT2D eigenvalue weighted by Gasteiger charge is -2.02. The van der Waals surface area contributed by atoms with Gasteiger partial charge in [-0.25, -0.2) is 0 Å². The number of nitrogens with zero attached hydrogens (tertiary/aromatic N) is 3. The Morgan fingerprint density at radius 1 is 1.11 bits per heavy atom. The van der Waals surface area contributed by atoms with Crippen LogP contribution in [0.3, 0.4) is 0 Å². The predicted octanol–water partition coefficient (Wildman–Crippen LogP) is 1.94. The van der Waals surface area contributed by atoms with E-state index in [2.05, 4.69) is 10.2 Å². The van der Waals surface area contributed by atoms with Crippen molar-refractivity contribution in [3.05, 3.63) is 66.4 Å². The summed E-state index contributed by atoms with van der Waals surface area (Å²) in [4.78, 5) is 1.47. The van der Waals surface area contributed by atoms with Gasteiger partial charge in [0.05, 0.1) is 18.1 Å². The summed E-state index contributed by atoms with van der Waals surface area (Å²) in [5.41, 5.74) is 1.30. The van der Waals surface area contributed by atoms with Crippen molar-refractivity contribution in [2.75, 3.05) is 0 Å². The zero-order valence-electron chi connectivity index (χ0n) is 9.47. The number of benzene rings is 1. The second-order valence-electron chi connectivity index (χ2n) is 3.81. The molecular formula is C13H11N3O2. The van der Waals surface area contributed by atoms with E-state index in [0.717, 1.165) is 5.69 Å². The molecule has 0 saturated carbocycles. The highest BCUT2D eigenvalue weighted by molar-refractivity contribution is 5.28. The van der Waals surface area contributed by atoms with Gasteiger partial charge in [-0.05, 0) is 24.3 Å². The fourth-order valence-electron chi connectivity index (χ4n) is 1.68. The molecule has 1 unspecified atom stereocenters. The van der Waals surface area contributed by atoms with Crippen LogP contribution in [0.15, 0.2) is 59.3 Å². The molecule has 0 fully saturated rings. The van der Waals surface area contributed by atoms with Crippen LogP contribution < -0.4 is 0 Å². The first-order valence-corrected chi connectivity index (χ1v) is 5.54. The molecule has 0 aliphatic rings. The van der Waals surface area contributed by atoms with E-state index in [1.54, 1.807) is 12.1 Å². The first kappa shape index (κ1) is 10.7. The molecule has 3 aromatic rings. The van der Waals surface area contributed by atoms with Crippen LogP contribution in [0.5, 0.6) is 0 Å². The molecule has 0 aliphatic carbocycles. The first-order chi connectivity index (χ1) is 8.84. The molecule has 1 aromatic carbocycles. The van der Waals surface area contributed by atoms with Crippen LogP contribution in [0.4, 0.5) is 0 Å². The summed E-state index contributed by atoms with van der Waals surface area (Å²) in [6.45, 7) is 0. The molecule has 18 heavy (non-hydrogen) atoms. The summed E-state index contributed by atoms with van der Waals surface area (Å²) in [6, 6.07) is 12.9. The van der Waals surface area contributed by atoms with E-state index < -0.39 is 6.10 Å². The predicted molar refractivity (Wildman–Crippen MR) is 64.1 cm³/mol. The Kier molecular flexibility index (Phi) is 2.66. The summed E-state index contributed by atoms with van der Waals surface area (Å²) in [5.74, 6) is 0.454. The molecule has 1 N–H and O–H groups in total. The van der Waals surface area contributed by atoms with Gasteiger partial charge >= 0.3 is 0 Å². The molecule has 0 aliphatic heterocycles. The SMILES string of the molecule is OC(c1cnn(-c2ccccc2)n1)c1ccco1. The number of aliphatic hydroxyl groups is 1. The first-order valence-electron chi connectivity index (χ1n) is 5.54. The lowest BCUT2D eigenvalue weighted by molar-refractivity contribution is 0.184.